The van der Waals surface area contributed by atoms with Crippen LogP contribution in [0.4, 0.5) is 10.5 Å². The number of benzene rings is 1. The third-order valence-corrected chi connectivity index (χ3v) is 5.89. The number of nitrogens with zero attached hydrogens (tertiary/aromatic N) is 2. The van der Waals surface area contributed by atoms with Crippen molar-refractivity contribution in [2.45, 2.75) is 44.2 Å². The summed E-state index contributed by atoms with van der Waals surface area (Å²) < 4.78 is 0. The van der Waals surface area contributed by atoms with E-state index in [1.54, 1.807) is 34.1 Å². The predicted molar refractivity (Wildman–Crippen MR) is 95.1 cm³/mol. The summed E-state index contributed by atoms with van der Waals surface area (Å²) in [7, 11) is 0. The Morgan fingerprint density at radius 1 is 1.12 bits per heavy atom. The first-order chi connectivity index (χ1) is 12.6. The highest BCUT2D eigenvalue weighted by atomic mass is 16.4. The molecule has 3 aliphatic rings. The first kappa shape index (κ1) is 16.9. The minimum atomic E-state index is -0.918. The molecule has 0 radical (unpaired) electrons. The number of nitrogens with one attached hydrogen (secondary N) is 1. The fourth-order valence-electron chi connectivity index (χ4n) is 4.62. The number of rotatable bonds is 3. The Morgan fingerprint density at radius 2 is 1.85 bits per heavy atom. The molecule has 1 aromatic carbocycles. The van der Waals surface area contributed by atoms with Crippen LogP contribution in [0.25, 0.3) is 0 Å². The van der Waals surface area contributed by atoms with Crippen LogP contribution in [0.3, 0.4) is 0 Å². The number of hydrogen-bond acceptors (Lipinski definition) is 3. The van der Waals surface area contributed by atoms with Crippen molar-refractivity contribution in [3.05, 3.63) is 29.8 Å². The van der Waals surface area contributed by atoms with Crippen LogP contribution in [-0.4, -0.2) is 53.1 Å². The second kappa shape index (κ2) is 6.63. The number of carbonyl (C=O) groups excluding carboxylic acids is 2. The van der Waals surface area contributed by atoms with E-state index >= 15 is 0 Å². The van der Waals surface area contributed by atoms with Crippen LogP contribution < -0.4 is 10.2 Å². The van der Waals surface area contributed by atoms with Gasteiger partial charge >= 0.3 is 12.0 Å². The molecule has 0 unspecified atom stereocenters. The molecule has 7 nitrogen and oxygen atoms in total. The van der Waals surface area contributed by atoms with Crippen molar-refractivity contribution in [3.8, 4) is 0 Å². The number of carboxylic acids is 1. The summed E-state index contributed by atoms with van der Waals surface area (Å²) in [5.41, 5.74) is 1.22. The molecule has 26 heavy (non-hydrogen) atoms. The lowest BCUT2D eigenvalue weighted by atomic mass is 9.84. The van der Waals surface area contributed by atoms with Gasteiger partial charge in [-0.1, -0.05) is 12.8 Å². The lowest BCUT2D eigenvalue weighted by Gasteiger charge is -2.33. The Hall–Kier alpha value is -2.57. The molecule has 3 fully saturated rings. The molecule has 2 aliphatic heterocycles. The molecule has 1 aliphatic carbocycles. The number of anilines is 1. The van der Waals surface area contributed by atoms with Crippen LogP contribution in [0.5, 0.6) is 0 Å². The zero-order valence-corrected chi connectivity index (χ0v) is 14.6. The van der Waals surface area contributed by atoms with Crippen molar-refractivity contribution >= 4 is 23.6 Å². The van der Waals surface area contributed by atoms with Crippen molar-refractivity contribution in [3.63, 3.8) is 0 Å². The number of urea groups is 1. The lowest BCUT2D eigenvalue weighted by Crippen LogP contribution is -2.46. The highest BCUT2D eigenvalue weighted by Gasteiger charge is 2.47. The topological polar surface area (TPSA) is 89.9 Å². The molecule has 2 heterocycles. The predicted octanol–water partition coefficient (Wildman–Crippen LogP) is 2.07. The number of hydrogen-bond donors (Lipinski definition) is 2. The minimum absolute atomic E-state index is 0.0291. The van der Waals surface area contributed by atoms with Gasteiger partial charge in [0.15, 0.2) is 0 Å². The average Bonchev–Trinajstić information content (AvgIpc) is 3.25. The van der Waals surface area contributed by atoms with Gasteiger partial charge in [-0.2, -0.15) is 0 Å². The zero-order chi connectivity index (χ0) is 18.3. The highest BCUT2D eigenvalue weighted by molar-refractivity contribution is 5.99. The summed E-state index contributed by atoms with van der Waals surface area (Å²) >= 11 is 0. The molecule has 3 atom stereocenters. The molecule has 4 rings (SSSR count). The Morgan fingerprint density at radius 3 is 2.50 bits per heavy atom. The molecule has 1 aromatic rings. The summed E-state index contributed by atoms with van der Waals surface area (Å²) in [6.45, 7) is 1.21. The van der Waals surface area contributed by atoms with Gasteiger partial charge in [0, 0.05) is 30.4 Å². The number of amides is 3. The first-order valence-corrected chi connectivity index (χ1v) is 9.27. The van der Waals surface area contributed by atoms with E-state index in [0.717, 1.165) is 31.4 Å². The molecule has 0 spiro atoms. The lowest BCUT2D eigenvalue weighted by molar-refractivity contribution is -0.141. The third-order valence-electron chi connectivity index (χ3n) is 5.89. The first-order valence-electron chi connectivity index (χ1n) is 9.27. The average molecular weight is 357 g/mol. The SMILES string of the molecule is O=C(O)[C@@H]1C[C@H]2CCCC[C@H]2N1C(=O)c1ccc(N2CCNC2=O)cc1. The summed E-state index contributed by atoms with van der Waals surface area (Å²) in [6, 6.07) is 6.04. The van der Waals surface area contributed by atoms with Gasteiger partial charge in [-0.15, -0.1) is 0 Å². The van der Waals surface area contributed by atoms with Crippen molar-refractivity contribution < 1.29 is 19.5 Å². The second-order valence-electron chi connectivity index (χ2n) is 7.34. The third kappa shape index (κ3) is 2.81. The van der Waals surface area contributed by atoms with E-state index < -0.39 is 12.0 Å². The molecule has 2 N–H and O–H groups in total. The fourth-order valence-corrected chi connectivity index (χ4v) is 4.62. The smallest absolute Gasteiger partial charge is 0.326 e. The summed E-state index contributed by atoms with van der Waals surface area (Å²) in [6.07, 6.45) is 4.59. The highest BCUT2D eigenvalue weighted by Crippen LogP contribution is 2.40. The number of likely N-dealkylation sites (tertiary alicyclic amines) is 1. The van der Waals surface area contributed by atoms with Gasteiger partial charge in [-0.25, -0.2) is 9.59 Å². The van der Waals surface area contributed by atoms with Gasteiger partial charge in [-0.3, -0.25) is 9.69 Å². The molecule has 3 amide bonds. The van der Waals surface area contributed by atoms with Crippen LogP contribution in [0.2, 0.25) is 0 Å². The zero-order valence-electron chi connectivity index (χ0n) is 14.6. The number of fused-ring (bicyclic) bond motifs is 1. The van der Waals surface area contributed by atoms with Gasteiger partial charge in [0.1, 0.15) is 6.04 Å². The minimum Gasteiger partial charge on any atom is -0.480 e. The molecule has 0 aromatic heterocycles. The molecule has 2 saturated heterocycles. The number of carbonyl (C=O) groups is 3. The molecular formula is C19H23N3O4. The van der Waals surface area contributed by atoms with Crippen molar-refractivity contribution in [2.75, 3.05) is 18.0 Å². The fraction of sp³-hybridized carbons (Fsp3) is 0.526. The van der Waals surface area contributed by atoms with E-state index in [1.165, 1.54) is 0 Å². The maximum atomic E-state index is 13.1. The van der Waals surface area contributed by atoms with Gasteiger partial charge in [0.2, 0.25) is 0 Å². The monoisotopic (exact) mass is 357 g/mol. The standard InChI is InChI=1S/C19H23N3O4/c23-17(12-5-7-14(8-6-12)21-10-9-20-19(21)26)22-15-4-2-1-3-13(15)11-16(22)18(24)25/h5-8,13,15-16H,1-4,9-11H2,(H,20,26)(H,24,25)/t13-,15-,16+/m1/s1. The Bertz CT molecular complexity index is 733. The summed E-state index contributed by atoms with van der Waals surface area (Å²) in [4.78, 5) is 39.8. The summed E-state index contributed by atoms with van der Waals surface area (Å²) in [5.74, 6) is -0.844. The van der Waals surface area contributed by atoms with Crippen LogP contribution in [0.1, 0.15) is 42.5 Å². The van der Waals surface area contributed by atoms with E-state index in [1.807, 2.05) is 0 Å². The van der Waals surface area contributed by atoms with E-state index in [4.69, 9.17) is 0 Å². The Labute approximate surface area is 152 Å². The van der Waals surface area contributed by atoms with Crippen LogP contribution in [-0.2, 0) is 4.79 Å². The second-order valence-corrected chi connectivity index (χ2v) is 7.34. The van der Waals surface area contributed by atoms with Crippen LogP contribution in [0.15, 0.2) is 24.3 Å². The molecule has 138 valence electrons. The largest absolute Gasteiger partial charge is 0.480 e. The van der Waals surface area contributed by atoms with E-state index in [9.17, 15) is 19.5 Å². The Balaban J connectivity index is 1.57. The van der Waals surface area contributed by atoms with Gasteiger partial charge in [0.25, 0.3) is 5.91 Å². The normalized spacial score (nSPS) is 28.0. The maximum Gasteiger partial charge on any atom is 0.326 e. The van der Waals surface area contributed by atoms with Gasteiger partial charge in [-0.05, 0) is 49.4 Å². The van der Waals surface area contributed by atoms with Crippen molar-refractivity contribution in [2.24, 2.45) is 5.92 Å². The molecular weight excluding hydrogens is 334 g/mol. The molecule has 0 bridgehead atoms. The van der Waals surface area contributed by atoms with Crippen LogP contribution >= 0.6 is 0 Å². The number of aliphatic carboxylic acids is 1. The van der Waals surface area contributed by atoms with Crippen molar-refractivity contribution in [1.29, 1.82) is 0 Å². The van der Waals surface area contributed by atoms with Crippen LogP contribution in [0, 0.1) is 5.92 Å². The molecule has 7 heteroatoms. The Kier molecular flexibility index (Phi) is 4.30. The quantitative estimate of drug-likeness (QED) is 0.867. The number of carboxylic acid groups (broad SMARTS) is 1. The van der Waals surface area contributed by atoms with Gasteiger partial charge in [0.05, 0.1) is 0 Å². The van der Waals surface area contributed by atoms with E-state index in [-0.39, 0.29) is 18.0 Å². The van der Waals surface area contributed by atoms with Crippen molar-refractivity contribution in [1.82, 2.24) is 10.2 Å². The summed E-state index contributed by atoms with van der Waals surface area (Å²) in [5, 5.41) is 12.3. The molecule has 1 saturated carbocycles. The van der Waals surface area contributed by atoms with E-state index in [0.29, 0.717) is 31.0 Å². The maximum absolute atomic E-state index is 13.1. The van der Waals surface area contributed by atoms with E-state index in [2.05, 4.69) is 5.32 Å². The van der Waals surface area contributed by atoms with Gasteiger partial charge < -0.3 is 15.3 Å².